The monoisotopic (exact) mass is 293 g/mol. The Bertz CT molecular complexity index is 522. The third-order valence-corrected chi connectivity index (χ3v) is 6.59. The summed E-state index contributed by atoms with van der Waals surface area (Å²) in [5.74, 6) is -0.459. The molecule has 0 aliphatic carbocycles. The van der Waals surface area contributed by atoms with Crippen LogP contribution in [-0.2, 0) is 21.1 Å². The topological polar surface area (TPSA) is 84.3 Å². The maximum absolute atomic E-state index is 11.3. The van der Waals surface area contributed by atoms with Crippen LogP contribution in [0.2, 0.25) is 0 Å². The van der Waals surface area contributed by atoms with Gasteiger partial charge in [0.05, 0.1) is 23.6 Å². The second-order valence-corrected chi connectivity index (χ2v) is 8.45. The molecule has 8 heteroatoms. The van der Waals surface area contributed by atoms with Gasteiger partial charge >= 0.3 is 5.97 Å². The number of thiazole rings is 1. The highest BCUT2D eigenvalue weighted by molar-refractivity contribution is 8.03. The summed E-state index contributed by atoms with van der Waals surface area (Å²) in [5, 5.41) is 10.4. The van der Waals surface area contributed by atoms with Gasteiger partial charge in [-0.2, -0.15) is 0 Å². The summed E-state index contributed by atoms with van der Waals surface area (Å²) in [5.41, 5.74) is 0.533. The molecule has 2 rings (SSSR count). The third kappa shape index (κ3) is 3.68. The molecule has 5 nitrogen and oxygen atoms in total. The van der Waals surface area contributed by atoms with Crippen molar-refractivity contribution in [3.63, 3.8) is 0 Å². The molecule has 94 valence electrons. The van der Waals surface area contributed by atoms with Crippen molar-refractivity contribution in [2.75, 3.05) is 11.5 Å². The van der Waals surface area contributed by atoms with Gasteiger partial charge in [-0.05, 0) is 6.42 Å². The molecule has 1 atom stereocenters. The molecule has 0 amide bonds. The van der Waals surface area contributed by atoms with E-state index in [4.69, 9.17) is 5.11 Å². The van der Waals surface area contributed by atoms with Crippen molar-refractivity contribution in [1.29, 1.82) is 0 Å². The molecule has 1 aromatic heterocycles. The molecule has 2 heterocycles. The first-order valence-electron chi connectivity index (χ1n) is 4.98. The van der Waals surface area contributed by atoms with E-state index in [2.05, 4.69) is 4.98 Å². The summed E-state index contributed by atoms with van der Waals surface area (Å²) in [6.07, 6.45) is 0.570. The van der Waals surface area contributed by atoms with Crippen molar-refractivity contribution in [3.8, 4) is 0 Å². The van der Waals surface area contributed by atoms with Gasteiger partial charge in [0.2, 0.25) is 0 Å². The lowest BCUT2D eigenvalue weighted by atomic mass is 10.3. The molecule has 0 aromatic carbocycles. The van der Waals surface area contributed by atoms with Gasteiger partial charge in [-0.25, -0.2) is 13.4 Å². The second-order valence-electron chi connectivity index (χ2n) is 3.82. The van der Waals surface area contributed by atoms with Gasteiger partial charge in [0.15, 0.2) is 9.84 Å². The van der Waals surface area contributed by atoms with Crippen molar-refractivity contribution < 1.29 is 18.3 Å². The summed E-state index contributed by atoms with van der Waals surface area (Å²) >= 11 is 2.81. The van der Waals surface area contributed by atoms with Crippen LogP contribution in [0.4, 0.5) is 0 Å². The van der Waals surface area contributed by atoms with E-state index in [1.807, 2.05) is 0 Å². The van der Waals surface area contributed by atoms with Gasteiger partial charge in [0, 0.05) is 10.6 Å². The quantitative estimate of drug-likeness (QED) is 0.893. The van der Waals surface area contributed by atoms with Gasteiger partial charge in [-0.3, -0.25) is 4.79 Å². The number of sulfone groups is 1. The summed E-state index contributed by atoms with van der Waals surface area (Å²) in [4.78, 5) is 14.7. The predicted octanol–water partition coefficient (Wildman–Crippen LogP) is 1.05. The van der Waals surface area contributed by atoms with Gasteiger partial charge in [0.1, 0.15) is 4.34 Å². The third-order valence-electron chi connectivity index (χ3n) is 2.32. The van der Waals surface area contributed by atoms with E-state index in [1.54, 1.807) is 5.38 Å². The van der Waals surface area contributed by atoms with E-state index in [0.717, 1.165) is 4.34 Å². The Morgan fingerprint density at radius 3 is 3.00 bits per heavy atom. The van der Waals surface area contributed by atoms with Gasteiger partial charge in [-0.15, -0.1) is 11.3 Å². The Morgan fingerprint density at radius 1 is 1.65 bits per heavy atom. The normalized spacial score (nSPS) is 22.7. The smallest absolute Gasteiger partial charge is 0.309 e. The van der Waals surface area contributed by atoms with Crippen LogP contribution in [-0.4, -0.2) is 41.2 Å². The molecule has 1 aromatic rings. The lowest BCUT2D eigenvalue weighted by molar-refractivity contribution is -0.136. The first kappa shape index (κ1) is 12.8. The summed E-state index contributed by atoms with van der Waals surface area (Å²) < 4.78 is 23.3. The number of nitrogens with zero attached hydrogens (tertiary/aromatic N) is 1. The molecule has 0 radical (unpaired) electrons. The fraction of sp³-hybridized carbons (Fsp3) is 0.556. The van der Waals surface area contributed by atoms with E-state index in [0.29, 0.717) is 12.1 Å². The SMILES string of the molecule is O=C(O)Cc1csc(SC2CCS(=O)(=O)C2)n1. The molecule has 0 saturated carbocycles. The molecule has 1 saturated heterocycles. The van der Waals surface area contributed by atoms with Gasteiger partial charge in [-0.1, -0.05) is 11.8 Å². The predicted molar refractivity (Wildman–Crippen MR) is 66.4 cm³/mol. The standard InChI is InChI=1S/C9H11NO4S3/c11-8(12)3-6-4-15-9(10-6)16-7-1-2-17(13,14)5-7/h4,7H,1-3,5H2,(H,11,12). The average molecular weight is 293 g/mol. The Balaban J connectivity index is 1.96. The number of rotatable bonds is 4. The van der Waals surface area contributed by atoms with Gasteiger partial charge in [0.25, 0.3) is 0 Å². The summed E-state index contributed by atoms with van der Waals surface area (Å²) in [6, 6.07) is 0. The van der Waals surface area contributed by atoms with E-state index in [9.17, 15) is 13.2 Å². The highest BCUT2D eigenvalue weighted by Crippen LogP contribution is 2.32. The van der Waals surface area contributed by atoms with Crippen LogP contribution in [0.3, 0.4) is 0 Å². The molecule has 1 aliphatic rings. The minimum atomic E-state index is -2.87. The van der Waals surface area contributed by atoms with Crippen molar-refractivity contribution in [2.24, 2.45) is 0 Å². The van der Waals surface area contributed by atoms with Crippen LogP contribution in [0.15, 0.2) is 9.72 Å². The Morgan fingerprint density at radius 2 is 2.41 bits per heavy atom. The summed E-state index contributed by atoms with van der Waals surface area (Å²) in [7, 11) is -2.87. The number of hydrogen-bond donors (Lipinski definition) is 1. The highest BCUT2D eigenvalue weighted by atomic mass is 32.2. The lowest BCUT2D eigenvalue weighted by Gasteiger charge is -2.02. The first-order chi connectivity index (χ1) is 7.94. The van der Waals surface area contributed by atoms with Crippen molar-refractivity contribution in [3.05, 3.63) is 11.1 Å². The Hall–Kier alpha value is -0.600. The Kier molecular flexibility index (Phi) is 3.74. The molecule has 0 spiro atoms. The summed E-state index contributed by atoms with van der Waals surface area (Å²) in [6.45, 7) is 0. The molecule has 1 unspecified atom stereocenters. The van der Waals surface area contributed by atoms with Crippen LogP contribution in [0.25, 0.3) is 0 Å². The van der Waals surface area contributed by atoms with Crippen LogP contribution in [0.1, 0.15) is 12.1 Å². The maximum Gasteiger partial charge on any atom is 0.309 e. The van der Waals surface area contributed by atoms with Crippen LogP contribution >= 0.6 is 23.1 Å². The zero-order valence-electron chi connectivity index (χ0n) is 8.83. The number of aliphatic carboxylic acids is 1. The largest absolute Gasteiger partial charge is 0.481 e. The maximum atomic E-state index is 11.3. The number of carbonyl (C=O) groups is 1. The van der Waals surface area contributed by atoms with Crippen LogP contribution < -0.4 is 0 Å². The molecule has 17 heavy (non-hydrogen) atoms. The van der Waals surface area contributed by atoms with Crippen molar-refractivity contribution >= 4 is 38.9 Å². The molecular formula is C9H11NO4S3. The minimum Gasteiger partial charge on any atom is -0.481 e. The van der Waals surface area contributed by atoms with E-state index >= 15 is 0 Å². The average Bonchev–Trinajstić information content (AvgIpc) is 2.73. The number of carboxylic acids is 1. The molecule has 1 aliphatic heterocycles. The molecule has 1 fully saturated rings. The number of hydrogen-bond acceptors (Lipinski definition) is 6. The Labute approximate surface area is 107 Å². The number of aromatic nitrogens is 1. The number of carboxylic acid groups (broad SMARTS) is 1. The van der Waals surface area contributed by atoms with E-state index in [1.165, 1.54) is 23.1 Å². The van der Waals surface area contributed by atoms with Crippen molar-refractivity contribution in [2.45, 2.75) is 22.4 Å². The van der Waals surface area contributed by atoms with Crippen LogP contribution in [0.5, 0.6) is 0 Å². The zero-order chi connectivity index (χ0) is 12.5. The zero-order valence-corrected chi connectivity index (χ0v) is 11.3. The van der Waals surface area contributed by atoms with Gasteiger partial charge < -0.3 is 5.11 Å². The lowest BCUT2D eigenvalue weighted by Crippen LogP contribution is -2.06. The van der Waals surface area contributed by atoms with Crippen LogP contribution in [0, 0.1) is 0 Å². The van der Waals surface area contributed by atoms with E-state index in [-0.39, 0.29) is 23.2 Å². The van der Waals surface area contributed by atoms with E-state index < -0.39 is 15.8 Å². The molecular weight excluding hydrogens is 282 g/mol. The molecule has 1 N–H and O–H groups in total. The molecule has 0 bridgehead atoms. The fourth-order valence-electron chi connectivity index (χ4n) is 1.58. The highest BCUT2D eigenvalue weighted by Gasteiger charge is 2.29. The second kappa shape index (κ2) is 4.95. The minimum absolute atomic E-state index is 0.0591. The fourth-order valence-corrected chi connectivity index (χ4v) is 6.17. The number of thioether (sulfide) groups is 1. The first-order valence-corrected chi connectivity index (χ1v) is 8.56. The van der Waals surface area contributed by atoms with Crippen molar-refractivity contribution in [1.82, 2.24) is 4.98 Å².